The van der Waals surface area contributed by atoms with Gasteiger partial charge in [0.05, 0.1) is 5.02 Å². The summed E-state index contributed by atoms with van der Waals surface area (Å²) in [6.07, 6.45) is 4.09. The van der Waals surface area contributed by atoms with Crippen LogP contribution < -0.4 is 0 Å². The maximum Gasteiger partial charge on any atom is 0.152 e. The fourth-order valence-corrected chi connectivity index (χ4v) is 1.49. The zero-order chi connectivity index (χ0) is 9.26. The second-order valence-electron chi connectivity index (χ2n) is 2.68. The van der Waals surface area contributed by atoms with Gasteiger partial charge in [0.25, 0.3) is 0 Å². The van der Waals surface area contributed by atoms with E-state index < -0.39 is 0 Å². The fraction of sp³-hybridized carbons (Fsp3) is 0. The van der Waals surface area contributed by atoms with Crippen molar-refractivity contribution in [1.29, 1.82) is 0 Å². The van der Waals surface area contributed by atoms with Crippen molar-refractivity contribution in [2.24, 2.45) is 0 Å². The van der Waals surface area contributed by atoms with Crippen LogP contribution in [0.5, 0.6) is 0 Å². The van der Waals surface area contributed by atoms with Crippen molar-refractivity contribution in [3.05, 3.63) is 41.2 Å². The third kappa shape index (κ3) is 1.29. The van der Waals surface area contributed by atoms with E-state index in [1.807, 2.05) is 12.1 Å². The number of aldehydes is 1. The van der Waals surface area contributed by atoms with Crippen LogP contribution in [-0.2, 0) is 0 Å². The van der Waals surface area contributed by atoms with E-state index in [2.05, 4.69) is 4.98 Å². The van der Waals surface area contributed by atoms with Crippen LogP contribution >= 0.6 is 11.6 Å². The van der Waals surface area contributed by atoms with Crippen LogP contribution in [0, 0.1) is 0 Å². The molecule has 0 aliphatic carbocycles. The van der Waals surface area contributed by atoms with Crippen molar-refractivity contribution < 1.29 is 4.79 Å². The van der Waals surface area contributed by atoms with Crippen molar-refractivity contribution in [2.45, 2.75) is 0 Å². The van der Waals surface area contributed by atoms with Gasteiger partial charge in [0.15, 0.2) is 6.29 Å². The molecule has 0 spiro atoms. The topological polar surface area (TPSA) is 30.0 Å². The van der Waals surface area contributed by atoms with Crippen LogP contribution in [0.4, 0.5) is 0 Å². The third-order valence-corrected chi connectivity index (χ3v) is 2.26. The highest BCUT2D eigenvalue weighted by Gasteiger charge is 2.03. The average Bonchev–Trinajstić information content (AvgIpc) is 2.18. The van der Waals surface area contributed by atoms with Crippen LogP contribution in [-0.4, -0.2) is 11.3 Å². The molecular weight excluding hydrogens is 186 g/mol. The molecule has 0 aliphatic heterocycles. The molecule has 0 saturated carbocycles. The van der Waals surface area contributed by atoms with Crippen LogP contribution in [0.1, 0.15) is 10.4 Å². The molecule has 0 saturated heterocycles. The van der Waals surface area contributed by atoms with E-state index in [0.717, 1.165) is 17.1 Å². The van der Waals surface area contributed by atoms with E-state index >= 15 is 0 Å². The molecule has 0 N–H and O–H groups in total. The first kappa shape index (κ1) is 8.20. The van der Waals surface area contributed by atoms with Crippen LogP contribution in [0.3, 0.4) is 0 Å². The van der Waals surface area contributed by atoms with Crippen molar-refractivity contribution in [3.63, 3.8) is 0 Å². The molecule has 1 aromatic heterocycles. The Morgan fingerprint density at radius 3 is 2.92 bits per heavy atom. The number of fused-ring (bicyclic) bond motifs is 1. The molecule has 2 aromatic rings. The van der Waals surface area contributed by atoms with Gasteiger partial charge in [-0.15, -0.1) is 0 Å². The first-order valence-corrected chi connectivity index (χ1v) is 4.18. The predicted octanol–water partition coefficient (Wildman–Crippen LogP) is 2.70. The quantitative estimate of drug-likeness (QED) is 0.649. The van der Waals surface area contributed by atoms with E-state index in [0.29, 0.717) is 10.6 Å². The largest absolute Gasteiger partial charge is 0.298 e. The lowest BCUT2D eigenvalue weighted by molar-refractivity contribution is 0.112. The Labute approximate surface area is 80.2 Å². The van der Waals surface area contributed by atoms with Gasteiger partial charge >= 0.3 is 0 Å². The van der Waals surface area contributed by atoms with E-state index in [9.17, 15) is 4.79 Å². The normalized spacial score (nSPS) is 10.2. The van der Waals surface area contributed by atoms with Crippen molar-refractivity contribution >= 4 is 28.7 Å². The monoisotopic (exact) mass is 191 g/mol. The lowest BCUT2D eigenvalue weighted by Crippen LogP contribution is -1.85. The summed E-state index contributed by atoms with van der Waals surface area (Å²) < 4.78 is 0. The van der Waals surface area contributed by atoms with Gasteiger partial charge < -0.3 is 0 Å². The molecule has 64 valence electrons. The van der Waals surface area contributed by atoms with Gasteiger partial charge in [-0.2, -0.15) is 0 Å². The van der Waals surface area contributed by atoms with Gasteiger partial charge in [-0.3, -0.25) is 9.78 Å². The van der Waals surface area contributed by atoms with Gasteiger partial charge in [-0.05, 0) is 17.5 Å². The number of halogens is 1. The molecule has 0 bridgehead atoms. The number of carbonyl (C=O) groups excluding carboxylic acids is 1. The summed E-state index contributed by atoms with van der Waals surface area (Å²) in [5.41, 5.74) is 0.507. The SMILES string of the molecule is O=Cc1c(Cl)ccc2ccncc12. The molecule has 0 unspecified atom stereocenters. The summed E-state index contributed by atoms with van der Waals surface area (Å²) in [7, 11) is 0. The smallest absolute Gasteiger partial charge is 0.152 e. The first-order valence-electron chi connectivity index (χ1n) is 3.80. The highest BCUT2D eigenvalue weighted by atomic mass is 35.5. The Bertz CT molecular complexity index is 467. The second kappa shape index (κ2) is 3.15. The zero-order valence-corrected chi connectivity index (χ0v) is 7.45. The van der Waals surface area contributed by atoms with E-state index in [4.69, 9.17) is 11.6 Å². The number of hydrogen-bond acceptors (Lipinski definition) is 2. The van der Waals surface area contributed by atoms with E-state index in [1.165, 1.54) is 0 Å². The molecule has 0 atom stereocenters. The van der Waals surface area contributed by atoms with Gasteiger partial charge in [-0.25, -0.2) is 0 Å². The lowest BCUT2D eigenvalue weighted by atomic mass is 10.1. The summed E-state index contributed by atoms with van der Waals surface area (Å²) in [4.78, 5) is 14.7. The second-order valence-corrected chi connectivity index (χ2v) is 3.08. The van der Waals surface area contributed by atoms with E-state index in [1.54, 1.807) is 18.5 Å². The minimum Gasteiger partial charge on any atom is -0.298 e. The van der Waals surface area contributed by atoms with Gasteiger partial charge in [-0.1, -0.05) is 17.7 Å². The van der Waals surface area contributed by atoms with Crippen molar-refractivity contribution in [2.75, 3.05) is 0 Å². The molecule has 2 nitrogen and oxygen atoms in total. The minimum absolute atomic E-state index is 0.468. The van der Waals surface area contributed by atoms with Crippen molar-refractivity contribution in [1.82, 2.24) is 4.98 Å². The Kier molecular flexibility index (Phi) is 1.99. The highest BCUT2D eigenvalue weighted by molar-refractivity contribution is 6.34. The summed E-state index contributed by atoms with van der Waals surface area (Å²) in [5.74, 6) is 0. The summed E-state index contributed by atoms with van der Waals surface area (Å²) in [6.45, 7) is 0. The standard InChI is InChI=1S/C10H6ClNO/c11-10-2-1-7-3-4-12-5-8(7)9(10)6-13/h1-6H. The summed E-state index contributed by atoms with van der Waals surface area (Å²) in [6, 6.07) is 5.43. The Hall–Kier alpha value is -1.41. The Morgan fingerprint density at radius 2 is 2.15 bits per heavy atom. The molecule has 3 heteroatoms. The molecule has 0 radical (unpaired) electrons. The van der Waals surface area contributed by atoms with Gasteiger partial charge in [0.2, 0.25) is 0 Å². The number of pyridine rings is 1. The number of benzene rings is 1. The zero-order valence-electron chi connectivity index (χ0n) is 6.70. The Balaban J connectivity index is 2.91. The molecule has 1 heterocycles. The van der Waals surface area contributed by atoms with Crippen LogP contribution in [0.25, 0.3) is 10.8 Å². The molecule has 1 aromatic carbocycles. The van der Waals surface area contributed by atoms with E-state index in [-0.39, 0.29) is 0 Å². The van der Waals surface area contributed by atoms with Gasteiger partial charge in [0, 0.05) is 23.3 Å². The molecule has 0 fully saturated rings. The number of nitrogens with zero attached hydrogens (tertiary/aromatic N) is 1. The molecule has 2 rings (SSSR count). The Morgan fingerprint density at radius 1 is 1.31 bits per heavy atom. The summed E-state index contributed by atoms with van der Waals surface area (Å²) in [5, 5.41) is 2.24. The first-order chi connectivity index (χ1) is 6.33. The van der Waals surface area contributed by atoms with Crippen LogP contribution in [0.2, 0.25) is 5.02 Å². The molecule has 0 aliphatic rings. The molecule has 0 amide bonds. The molecule has 13 heavy (non-hydrogen) atoms. The number of rotatable bonds is 1. The van der Waals surface area contributed by atoms with Crippen LogP contribution in [0.15, 0.2) is 30.6 Å². The average molecular weight is 192 g/mol. The third-order valence-electron chi connectivity index (χ3n) is 1.93. The maximum absolute atomic E-state index is 10.7. The minimum atomic E-state index is 0.468. The molecular formula is C10H6ClNO. The number of aromatic nitrogens is 1. The highest BCUT2D eigenvalue weighted by Crippen LogP contribution is 2.23. The lowest BCUT2D eigenvalue weighted by Gasteiger charge is -2.01. The number of hydrogen-bond donors (Lipinski definition) is 0. The predicted molar refractivity (Wildman–Crippen MR) is 52.1 cm³/mol. The van der Waals surface area contributed by atoms with Gasteiger partial charge in [0.1, 0.15) is 0 Å². The number of carbonyl (C=O) groups is 1. The maximum atomic E-state index is 10.7. The summed E-state index contributed by atoms with van der Waals surface area (Å²) >= 11 is 5.84. The van der Waals surface area contributed by atoms with Crippen molar-refractivity contribution in [3.8, 4) is 0 Å². The fourth-order valence-electron chi connectivity index (χ4n) is 1.28.